The Bertz CT molecular complexity index is 603. The van der Waals surface area contributed by atoms with E-state index in [9.17, 15) is 0 Å². The van der Waals surface area contributed by atoms with Crippen LogP contribution in [0.25, 0.3) is 11.1 Å². The molecule has 0 aromatic heterocycles. The van der Waals surface area contributed by atoms with Crippen molar-refractivity contribution in [3.63, 3.8) is 0 Å². The second-order valence-electron chi connectivity index (χ2n) is 7.76. The molecular weight excluding hydrogens is 276 g/mol. The molecule has 0 N–H and O–H groups in total. The van der Waals surface area contributed by atoms with Gasteiger partial charge >= 0.3 is 0 Å². The molecule has 3 rings (SSSR count). The molecule has 0 unspecified atom stereocenters. The van der Waals surface area contributed by atoms with E-state index in [1.54, 1.807) is 5.56 Å². The van der Waals surface area contributed by atoms with Crippen LogP contribution in [0.2, 0.25) is 0 Å². The van der Waals surface area contributed by atoms with Crippen LogP contribution in [0.1, 0.15) is 63.0 Å². The first-order valence-electron chi connectivity index (χ1n) is 9.30. The lowest BCUT2D eigenvalue weighted by atomic mass is 9.84. The lowest BCUT2D eigenvalue weighted by Crippen LogP contribution is -2.07. The van der Waals surface area contributed by atoms with Gasteiger partial charge in [0.15, 0.2) is 0 Å². The van der Waals surface area contributed by atoms with Crippen LogP contribution in [0.15, 0.2) is 48.5 Å². The van der Waals surface area contributed by atoms with Crippen molar-refractivity contribution in [1.82, 2.24) is 0 Å². The smallest absolute Gasteiger partial charge is 0.0134 e. The SMILES string of the molecule is Cc1ccc(-c2ccc([C@H]3CCC[C@H]3CCC(C)C)cc2)cc1. The first kappa shape index (κ1) is 16.3. The van der Waals surface area contributed by atoms with E-state index in [0.717, 1.165) is 17.8 Å². The maximum atomic E-state index is 2.38. The van der Waals surface area contributed by atoms with Gasteiger partial charge in [0.25, 0.3) is 0 Å². The Kier molecular flexibility index (Phi) is 5.20. The van der Waals surface area contributed by atoms with Crippen LogP contribution in [0.5, 0.6) is 0 Å². The first-order chi connectivity index (χ1) is 11.1. The van der Waals surface area contributed by atoms with Crippen LogP contribution in [-0.4, -0.2) is 0 Å². The van der Waals surface area contributed by atoms with E-state index in [2.05, 4.69) is 69.3 Å². The lowest BCUT2D eigenvalue weighted by Gasteiger charge is -2.21. The maximum Gasteiger partial charge on any atom is -0.0134 e. The zero-order chi connectivity index (χ0) is 16.2. The van der Waals surface area contributed by atoms with E-state index in [0.29, 0.717) is 0 Å². The highest BCUT2D eigenvalue weighted by molar-refractivity contribution is 5.64. The van der Waals surface area contributed by atoms with Crippen LogP contribution in [0.4, 0.5) is 0 Å². The maximum absolute atomic E-state index is 2.38. The third kappa shape index (κ3) is 4.05. The molecule has 0 bridgehead atoms. The highest BCUT2D eigenvalue weighted by atomic mass is 14.3. The molecule has 1 fully saturated rings. The van der Waals surface area contributed by atoms with Crippen molar-refractivity contribution in [3.8, 4) is 11.1 Å². The van der Waals surface area contributed by atoms with Crippen molar-refractivity contribution in [2.24, 2.45) is 11.8 Å². The van der Waals surface area contributed by atoms with Gasteiger partial charge in [0.05, 0.1) is 0 Å². The van der Waals surface area contributed by atoms with Gasteiger partial charge in [0.1, 0.15) is 0 Å². The molecular formula is C23H30. The Labute approximate surface area is 141 Å². The standard InChI is InChI=1S/C23H30/c1-17(2)7-10-21-5-4-6-23(21)22-15-13-20(14-16-22)19-11-8-18(3)9-12-19/h8-9,11-17,21,23H,4-7,10H2,1-3H3/t21-,23-/m0/s1. The normalized spacial score (nSPS) is 21.0. The highest BCUT2D eigenvalue weighted by Gasteiger charge is 2.28. The molecule has 1 saturated carbocycles. The topological polar surface area (TPSA) is 0 Å². The van der Waals surface area contributed by atoms with Gasteiger partial charge in [-0.1, -0.05) is 80.8 Å². The zero-order valence-electron chi connectivity index (χ0n) is 14.9. The van der Waals surface area contributed by atoms with E-state index >= 15 is 0 Å². The summed E-state index contributed by atoms with van der Waals surface area (Å²) < 4.78 is 0. The molecule has 0 heteroatoms. The summed E-state index contributed by atoms with van der Waals surface area (Å²) in [6, 6.07) is 18.2. The molecule has 0 amide bonds. The Morgan fingerprint density at radius 2 is 1.48 bits per heavy atom. The number of benzene rings is 2. The lowest BCUT2D eigenvalue weighted by molar-refractivity contribution is 0.399. The van der Waals surface area contributed by atoms with Gasteiger partial charge in [-0.3, -0.25) is 0 Å². The molecule has 2 atom stereocenters. The van der Waals surface area contributed by atoms with Gasteiger partial charge in [-0.15, -0.1) is 0 Å². The summed E-state index contributed by atoms with van der Waals surface area (Å²) in [5.74, 6) is 2.53. The summed E-state index contributed by atoms with van der Waals surface area (Å²) >= 11 is 0. The predicted octanol–water partition coefficient (Wildman–Crippen LogP) is 6.98. The molecule has 2 aromatic carbocycles. The van der Waals surface area contributed by atoms with E-state index in [-0.39, 0.29) is 0 Å². The van der Waals surface area contributed by atoms with Crippen molar-refractivity contribution in [2.75, 3.05) is 0 Å². The van der Waals surface area contributed by atoms with Crippen molar-refractivity contribution >= 4 is 0 Å². The Balaban J connectivity index is 1.72. The molecule has 0 radical (unpaired) electrons. The predicted molar refractivity (Wildman–Crippen MR) is 101 cm³/mol. The summed E-state index contributed by atoms with van der Waals surface area (Å²) in [5.41, 5.74) is 5.55. The van der Waals surface area contributed by atoms with Crippen molar-refractivity contribution in [3.05, 3.63) is 59.7 Å². The summed E-state index contributed by atoms with van der Waals surface area (Å²) in [4.78, 5) is 0. The second-order valence-corrected chi connectivity index (χ2v) is 7.76. The Morgan fingerprint density at radius 1 is 0.870 bits per heavy atom. The fraction of sp³-hybridized carbons (Fsp3) is 0.478. The molecule has 0 spiro atoms. The third-order valence-electron chi connectivity index (χ3n) is 5.50. The quantitative estimate of drug-likeness (QED) is 0.559. The van der Waals surface area contributed by atoms with Crippen LogP contribution in [0.3, 0.4) is 0 Å². The third-order valence-corrected chi connectivity index (χ3v) is 5.50. The van der Waals surface area contributed by atoms with Crippen molar-refractivity contribution in [1.29, 1.82) is 0 Å². The summed E-state index contributed by atoms with van der Waals surface area (Å²) in [5, 5.41) is 0. The van der Waals surface area contributed by atoms with E-state index < -0.39 is 0 Å². The molecule has 23 heavy (non-hydrogen) atoms. The monoisotopic (exact) mass is 306 g/mol. The van der Waals surface area contributed by atoms with Gasteiger partial charge < -0.3 is 0 Å². The molecule has 0 nitrogen and oxygen atoms in total. The van der Waals surface area contributed by atoms with Gasteiger partial charge in [0, 0.05) is 0 Å². The van der Waals surface area contributed by atoms with E-state index in [4.69, 9.17) is 0 Å². The van der Waals surface area contributed by atoms with E-state index in [1.807, 2.05) is 0 Å². The number of hydrogen-bond acceptors (Lipinski definition) is 0. The Hall–Kier alpha value is -1.56. The molecule has 0 heterocycles. The zero-order valence-corrected chi connectivity index (χ0v) is 14.9. The summed E-state index contributed by atoms with van der Waals surface area (Å²) in [7, 11) is 0. The van der Waals surface area contributed by atoms with Crippen LogP contribution < -0.4 is 0 Å². The van der Waals surface area contributed by atoms with Crippen molar-refractivity contribution in [2.45, 2.75) is 58.8 Å². The van der Waals surface area contributed by atoms with Gasteiger partial charge in [-0.2, -0.15) is 0 Å². The first-order valence-corrected chi connectivity index (χ1v) is 9.30. The highest BCUT2D eigenvalue weighted by Crippen LogP contribution is 2.42. The van der Waals surface area contributed by atoms with Gasteiger partial charge in [-0.05, 0) is 60.6 Å². The van der Waals surface area contributed by atoms with Gasteiger partial charge in [0.2, 0.25) is 0 Å². The number of aryl methyl sites for hydroxylation is 1. The summed E-state index contributed by atoms with van der Waals surface area (Å²) in [6.45, 7) is 6.84. The second kappa shape index (κ2) is 7.34. The average molecular weight is 306 g/mol. The van der Waals surface area contributed by atoms with Crippen LogP contribution in [-0.2, 0) is 0 Å². The molecule has 2 aromatic rings. The fourth-order valence-electron chi connectivity index (χ4n) is 4.04. The molecule has 1 aliphatic rings. The number of rotatable bonds is 5. The minimum Gasteiger partial charge on any atom is -0.0628 e. The minimum absolute atomic E-state index is 0.792. The average Bonchev–Trinajstić information content (AvgIpc) is 3.02. The largest absolute Gasteiger partial charge is 0.0628 e. The number of hydrogen-bond donors (Lipinski definition) is 0. The van der Waals surface area contributed by atoms with Crippen LogP contribution in [0, 0.1) is 18.8 Å². The molecule has 122 valence electrons. The van der Waals surface area contributed by atoms with Crippen molar-refractivity contribution < 1.29 is 0 Å². The minimum atomic E-state index is 0.792. The van der Waals surface area contributed by atoms with Gasteiger partial charge in [-0.25, -0.2) is 0 Å². The van der Waals surface area contributed by atoms with Crippen LogP contribution >= 0.6 is 0 Å². The van der Waals surface area contributed by atoms with E-state index in [1.165, 1.54) is 48.8 Å². The molecule has 1 aliphatic carbocycles. The fourth-order valence-corrected chi connectivity index (χ4v) is 4.04. The Morgan fingerprint density at radius 3 is 2.09 bits per heavy atom. The molecule has 0 aliphatic heterocycles. The molecule has 0 saturated heterocycles. The summed E-state index contributed by atoms with van der Waals surface area (Å²) in [6.07, 6.45) is 7.00.